The number of amides is 1. The first kappa shape index (κ1) is 15.5. The largest absolute Gasteiger partial charge is 0.458 e. The molecule has 0 aliphatic rings. The number of fused-ring (bicyclic) bond motifs is 1. The van der Waals surface area contributed by atoms with Crippen molar-refractivity contribution in [2.75, 3.05) is 19.8 Å². The molecule has 0 saturated heterocycles. The van der Waals surface area contributed by atoms with E-state index in [0.717, 1.165) is 18.4 Å². The molecule has 1 amide bonds. The van der Waals surface area contributed by atoms with E-state index in [-0.39, 0.29) is 12.5 Å². The maximum Gasteiger partial charge on any atom is 0.269 e. The van der Waals surface area contributed by atoms with E-state index >= 15 is 0 Å². The highest BCUT2D eigenvalue weighted by molar-refractivity contribution is 6.06. The average molecular weight is 292 g/mol. The van der Waals surface area contributed by atoms with Crippen LogP contribution in [0.25, 0.3) is 11.0 Å². The molecule has 0 unspecified atom stereocenters. The Morgan fingerprint density at radius 1 is 1.24 bits per heavy atom. The highest BCUT2D eigenvalue weighted by Gasteiger charge is 2.19. The van der Waals surface area contributed by atoms with Gasteiger partial charge in [-0.15, -0.1) is 0 Å². The molecule has 0 aliphatic carbocycles. The van der Waals surface area contributed by atoms with E-state index in [0.29, 0.717) is 30.1 Å². The van der Waals surface area contributed by atoms with Gasteiger partial charge in [-0.05, 0) is 12.5 Å². The topological polar surface area (TPSA) is 86.7 Å². The van der Waals surface area contributed by atoms with E-state index in [1.165, 1.54) is 0 Å². The minimum atomic E-state index is -0.388. The second-order valence-electron chi connectivity index (χ2n) is 4.53. The Kier molecular flexibility index (Phi) is 5.74. The molecule has 0 atom stereocenters. The van der Waals surface area contributed by atoms with Crippen LogP contribution in [0.2, 0.25) is 0 Å². The summed E-state index contributed by atoms with van der Waals surface area (Å²) in [4.78, 5) is 11.9. The van der Waals surface area contributed by atoms with Crippen LogP contribution in [-0.2, 0) is 16.1 Å². The van der Waals surface area contributed by atoms with Crippen LogP contribution in [0, 0.1) is 0 Å². The summed E-state index contributed by atoms with van der Waals surface area (Å²) in [6.45, 7) is 3.93. The predicted molar refractivity (Wildman–Crippen MR) is 78.6 cm³/mol. The number of carbonyl (C=O) groups excluding carboxylic acids is 1. The maximum atomic E-state index is 11.9. The lowest BCUT2D eigenvalue weighted by atomic mass is 10.1. The minimum Gasteiger partial charge on any atom is -0.458 e. The van der Waals surface area contributed by atoms with Gasteiger partial charge in [0.05, 0.1) is 18.8 Å². The molecule has 6 nitrogen and oxygen atoms in total. The van der Waals surface area contributed by atoms with Gasteiger partial charge >= 0.3 is 0 Å². The zero-order valence-corrected chi connectivity index (χ0v) is 12.1. The molecule has 0 aliphatic heterocycles. The van der Waals surface area contributed by atoms with Gasteiger partial charge in [-0.3, -0.25) is 10.2 Å². The molecule has 21 heavy (non-hydrogen) atoms. The molecule has 0 bridgehead atoms. The Labute approximate surface area is 123 Å². The number of rotatable bonds is 8. The lowest BCUT2D eigenvalue weighted by Gasteiger charge is -2.05. The van der Waals surface area contributed by atoms with Crippen molar-refractivity contribution in [2.45, 2.75) is 20.0 Å². The van der Waals surface area contributed by atoms with Crippen molar-refractivity contribution >= 4 is 16.9 Å². The van der Waals surface area contributed by atoms with Gasteiger partial charge in [0.1, 0.15) is 18.0 Å². The number of furan rings is 1. The zero-order valence-electron chi connectivity index (χ0n) is 12.1. The third-order valence-electron chi connectivity index (χ3n) is 2.98. The fourth-order valence-electron chi connectivity index (χ4n) is 2.05. The Bertz CT molecular complexity index is 594. The lowest BCUT2D eigenvalue weighted by Crippen LogP contribution is -2.30. The second-order valence-corrected chi connectivity index (χ2v) is 4.53. The molecule has 3 N–H and O–H groups in total. The van der Waals surface area contributed by atoms with Crippen molar-refractivity contribution in [3.05, 3.63) is 35.6 Å². The number of para-hydroxylation sites is 1. The Morgan fingerprint density at radius 2 is 2.00 bits per heavy atom. The summed E-state index contributed by atoms with van der Waals surface area (Å²) in [6, 6.07) is 7.31. The van der Waals surface area contributed by atoms with Gasteiger partial charge < -0.3 is 13.9 Å². The summed E-state index contributed by atoms with van der Waals surface area (Å²) >= 11 is 0. The Hall–Kier alpha value is -1.89. The maximum absolute atomic E-state index is 11.9. The SMILES string of the molecule is CCCOCCOCc1oc2ccccc2c1C(=O)NN. The van der Waals surface area contributed by atoms with Crippen LogP contribution < -0.4 is 11.3 Å². The van der Waals surface area contributed by atoms with Crippen LogP contribution in [0.1, 0.15) is 29.5 Å². The van der Waals surface area contributed by atoms with Crippen molar-refractivity contribution in [1.82, 2.24) is 5.43 Å². The van der Waals surface area contributed by atoms with Crippen molar-refractivity contribution < 1.29 is 18.7 Å². The quantitative estimate of drug-likeness (QED) is 0.336. The first-order valence-corrected chi connectivity index (χ1v) is 6.94. The number of hydrogen-bond donors (Lipinski definition) is 2. The van der Waals surface area contributed by atoms with Crippen molar-refractivity contribution in [1.29, 1.82) is 0 Å². The van der Waals surface area contributed by atoms with E-state index in [2.05, 4.69) is 5.43 Å². The first-order valence-electron chi connectivity index (χ1n) is 6.94. The Balaban J connectivity index is 2.06. The lowest BCUT2D eigenvalue weighted by molar-refractivity contribution is 0.0350. The molecule has 0 spiro atoms. The van der Waals surface area contributed by atoms with E-state index < -0.39 is 0 Å². The molecule has 1 aromatic carbocycles. The molecule has 2 rings (SSSR count). The highest BCUT2D eigenvalue weighted by Crippen LogP contribution is 2.26. The van der Waals surface area contributed by atoms with E-state index in [4.69, 9.17) is 19.7 Å². The summed E-state index contributed by atoms with van der Waals surface area (Å²) in [5.41, 5.74) is 3.19. The predicted octanol–water partition coefficient (Wildman–Crippen LogP) is 1.98. The number of nitrogens with one attached hydrogen (secondary N) is 1. The second kappa shape index (κ2) is 7.78. The van der Waals surface area contributed by atoms with Crippen LogP contribution >= 0.6 is 0 Å². The number of hydrazine groups is 1. The van der Waals surface area contributed by atoms with Crippen molar-refractivity contribution in [3.8, 4) is 0 Å². The molecule has 114 valence electrons. The Morgan fingerprint density at radius 3 is 2.76 bits per heavy atom. The standard InChI is InChI=1S/C15H20N2O4/c1-2-7-19-8-9-20-10-13-14(15(18)17-16)11-5-3-4-6-12(11)21-13/h3-6H,2,7-10,16H2,1H3,(H,17,18). The summed E-state index contributed by atoms with van der Waals surface area (Å²) in [7, 11) is 0. The monoisotopic (exact) mass is 292 g/mol. The molecular weight excluding hydrogens is 272 g/mol. The van der Waals surface area contributed by atoms with Gasteiger partial charge in [-0.1, -0.05) is 25.1 Å². The number of benzene rings is 1. The molecule has 0 saturated carbocycles. The third-order valence-corrected chi connectivity index (χ3v) is 2.98. The first-order chi connectivity index (χ1) is 10.3. The van der Waals surface area contributed by atoms with Gasteiger partial charge in [-0.25, -0.2) is 5.84 Å². The van der Waals surface area contributed by atoms with Crippen LogP contribution in [-0.4, -0.2) is 25.7 Å². The average Bonchev–Trinajstić information content (AvgIpc) is 2.88. The van der Waals surface area contributed by atoms with Crippen LogP contribution in [0.5, 0.6) is 0 Å². The molecule has 0 fully saturated rings. The number of carbonyl (C=O) groups is 1. The van der Waals surface area contributed by atoms with Gasteiger partial charge in [0.25, 0.3) is 5.91 Å². The minimum absolute atomic E-state index is 0.201. The molecule has 6 heteroatoms. The summed E-state index contributed by atoms with van der Waals surface area (Å²) in [6.07, 6.45) is 0.977. The van der Waals surface area contributed by atoms with E-state index in [1.54, 1.807) is 6.07 Å². The van der Waals surface area contributed by atoms with E-state index in [9.17, 15) is 4.79 Å². The molecule has 2 aromatic rings. The van der Waals surface area contributed by atoms with Gasteiger partial charge in [0.15, 0.2) is 0 Å². The fourth-order valence-corrected chi connectivity index (χ4v) is 2.05. The van der Waals surface area contributed by atoms with Gasteiger partial charge in [0.2, 0.25) is 0 Å². The molecular formula is C15H20N2O4. The fraction of sp³-hybridized carbons (Fsp3) is 0.400. The summed E-state index contributed by atoms with van der Waals surface area (Å²) in [5.74, 6) is 5.31. The van der Waals surface area contributed by atoms with E-state index in [1.807, 2.05) is 25.1 Å². The van der Waals surface area contributed by atoms with Crippen LogP contribution in [0.4, 0.5) is 0 Å². The van der Waals surface area contributed by atoms with Gasteiger partial charge in [0, 0.05) is 12.0 Å². The van der Waals surface area contributed by atoms with Crippen molar-refractivity contribution in [2.24, 2.45) is 5.84 Å². The molecule has 1 heterocycles. The third kappa shape index (κ3) is 3.81. The number of ether oxygens (including phenoxy) is 2. The normalized spacial score (nSPS) is 11.0. The summed E-state index contributed by atoms with van der Waals surface area (Å²) < 4.78 is 16.5. The van der Waals surface area contributed by atoms with Crippen LogP contribution in [0.15, 0.2) is 28.7 Å². The number of nitrogen functional groups attached to an aromatic ring is 1. The smallest absolute Gasteiger partial charge is 0.269 e. The van der Waals surface area contributed by atoms with Crippen molar-refractivity contribution in [3.63, 3.8) is 0 Å². The number of hydrogen-bond acceptors (Lipinski definition) is 5. The van der Waals surface area contributed by atoms with Crippen LogP contribution in [0.3, 0.4) is 0 Å². The molecule has 0 radical (unpaired) electrons. The number of nitrogens with two attached hydrogens (primary N) is 1. The zero-order chi connectivity index (χ0) is 15.1. The molecule has 1 aromatic heterocycles. The summed E-state index contributed by atoms with van der Waals surface area (Å²) in [5, 5.41) is 0.723. The highest BCUT2D eigenvalue weighted by atomic mass is 16.5. The van der Waals surface area contributed by atoms with Gasteiger partial charge in [-0.2, -0.15) is 0 Å².